The zero-order valence-corrected chi connectivity index (χ0v) is 14.4. The third-order valence-corrected chi connectivity index (χ3v) is 5.06. The van der Waals surface area contributed by atoms with Gasteiger partial charge in [-0.25, -0.2) is 9.37 Å². The summed E-state index contributed by atoms with van der Waals surface area (Å²) in [7, 11) is 1.77. The fraction of sp³-hybridized carbons (Fsp3) is 0.278. The minimum absolute atomic E-state index is 0.130. The lowest BCUT2D eigenvalue weighted by molar-refractivity contribution is 0.0102. The molecule has 1 heterocycles. The highest BCUT2D eigenvalue weighted by atomic mass is 32.1. The lowest BCUT2D eigenvalue weighted by atomic mass is 10.1. The maximum atomic E-state index is 12.4. The molecule has 1 aromatic heterocycles. The van der Waals surface area contributed by atoms with Gasteiger partial charge in [0.25, 0.3) is 0 Å². The summed E-state index contributed by atoms with van der Waals surface area (Å²) in [6.45, 7) is -0.841. The summed E-state index contributed by atoms with van der Waals surface area (Å²) in [6, 6.07) is 12.7. The van der Waals surface area contributed by atoms with Crippen LogP contribution in [-0.2, 0) is 0 Å². The summed E-state index contributed by atoms with van der Waals surface area (Å²) >= 11 is 1.50. The molecule has 0 bridgehead atoms. The number of hydrogen-bond acceptors (Lipinski definition) is 6. The van der Waals surface area contributed by atoms with Gasteiger partial charge in [-0.2, -0.15) is 0 Å². The molecule has 0 spiro atoms. The number of fused-ring (bicyclic) bond motifs is 1. The van der Waals surface area contributed by atoms with Crippen molar-refractivity contribution < 1.29 is 19.7 Å². The third-order valence-electron chi connectivity index (χ3n) is 3.99. The van der Waals surface area contributed by atoms with Gasteiger partial charge in [-0.15, -0.1) is 11.3 Å². The topological polar surface area (TPSA) is 76.8 Å². The van der Waals surface area contributed by atoms with Crippen molar-refractivity contribution in [3.05, 3.63) is 42.5 Å². The molecule has 3 aromatic rings. The Balaban J connectivity index is 1.76. The second kappa shape index (κ2) is 7.35. The molecule has 25 heavy (non-hydrogen) atoms. The van der Waals surface area contributed by atoms with E-state index in [1.807, 2.05) is 24.3 Å². The number of aromatic nitrogens is 1. The summed E-state index contributed by atoms with van der Waals surface area (Å²) in [6.07, 6.45) is -2.52. The minimum atomic E-state index is -1.37. The standard InChI is InChI=1S/C18H19FN2O3S/c1-21(10-16(24)15(23)9-19)12-4-2-11(3-5-12)18-20-14-7-6-13(22)8-17(14)25-18/h2-8,15-16,22-24H,9-10H2,1H3. The lowest BCUT2D eigenvalue weighted by Gasteiger charge is -2.24. The summed E-state index contributed by atoms with van der Waals surface area (Å²) < 4.78 is 13.3. The van der Waals surface area contributed by atoms with Gasteiger partial charge in [0.05, 0.1) is 16.3 Å². The maximum absolute atomic E-state index is 12.4. The summed E-state index contributed by atoms with van der Waals surface area (Å²) in [5.74, 6) is 0.216. The maximum Gasteiger partial charge on any atom is 0.124 e. The number of aliphatic hydroxyl groups excluding tert-OH is 2. The smallest absolute Gasteiger partial charge is 0.124 e. The van der Waals surface area contributed by atoms with Crippen LogP contribution in [0.15, 0.2) is 42.5 Å². The molecule has 7 heteroatoms. The number of nitrogens with zero attached hydrogens (tertiary/aromatic N) is 2. The highest BCUT2D eigenvalue weighted by Gasteiger charge is 2.18. The molecule has 0 amide bonds. The number of aromatic hydroxyl groups is 1. The first kappa shape index (κ1) is 17.6. The molecule has 0 saturated heterocycles. The van der Waals surface area contributed by atoms with Crippen molar-refractivity contribution in [2.75, 3.05) is 25.2 Å². The number of aliphatic hydroxyl groups is 2. The number of phenols is 1. The predicted molar refractivity (Wildman–Crippen MR) is 98.0 cm³/mol. The second-order valence-electron chi connectivity index (χ2n) is 5.89. The molecule has 0 aliphatic rings. The normalized spacial score (nSPS) is 13.8. The first-order chi connectivity index (χ1) is 12.0. The largest absolute Gasteiger partial charge is 0.508 e. The summed E-state index contributed by atoms with van der Waals surface area (Å²) in [4.78, 5) is 6.31. The van der Waals surface area contributed by atoms with E-state index in [1.54, 1.807) is 30.1 Å². The first-order valence-corrected chi connectivity index (χ1v) is 8.63. The fourth-order valence-corrected chi connectivity index (χ4v) is 3.51. The van der Waals surface area contributed by atoms with Crippen LogP contribution >= 0.6 is 11.3 Å². The van der Waals surface area contributed by atoms with Gasteiger partial charge >= 0.3 is 0 Å². The molecule has 3 rings (SSSR count). The van der Waals surface area contributed by atoms with Crippen molar-refractivity contribution in [1.82, 2.24) is 4.98 Å². The van der Waals surface area contributed by atoms with Crippen molar-refractivity contribution in [1.29, 1.82) is 0 Å². The van der Waals surface area contributed by atoms with Crippen LogP contribution < -0.4 is 4.90 Å². The first-order valence-electron chi connectivity index (χ1n) is 7.81. The number of phenolic OH excluding ortho intramolecular Hbond substituents is 1. The van der Waals surface area contributed by atoms with Crippen molar-refractivity contribution >= 4 is 27.2 Å². The van der Waals surface area contributed by atoms with Crippen LogP contribution in [0.25, 0.3) is 20.8 Å². The molecule has 132 valence electrons. The Morgan fingerprint density at radius 3 is 2.52 bits per heavy atom. The Hall–Kier alpha value is -2.22. The number of likely N-dealkylation sites (N-methyl/N-ethyl adjacent to an activating group) is 1. The Bertz CT molecular complexity index is 853. The quantitative estimate of drug-likeness (QED) is 0.629. The van der Waals surface area contributed by atoms with E-state index < -0.39 is 18.9 Å². The molecule has 0 fully saturated rings. The van der Waals surface area contributed by atoms with E-state index in [1.165, 1.54) is 11.3 Å². The third kappa shape index (κ3) is 3.89. The van der Waals surface area contributed by atoms with Crippen LogP contribution in [0.3, 0.4) is 0 Å². The van der Waals surface area contributed by atoms with E-state index in [2.05, 4.69) is 4.98 Å². The average Bonchev–Trinajstić information content (AvgIpc) is 3.04. The molecule has 5 nitrogen and oxygen atoms in total. The zero-order valence-electron chi connectivity index (χ0n) is 13.6. The molecule has 0 saturated carbocycles. The molecular weight excluding hydrogens is 343 g/mol. The van der Waals surface area contributed by atoms with Crippen molar-refractivity contribution in [3.8, 4) is 16.3 Å². The predicted octanol–water partition coefficient (Wildman–Crippen LogP) is 2.80. The number of hydrogen-bond donors (Lipinski definition) is 3. The zero-order chi connectivity index (χ0) is 18.0. The van der Waals surface area contributed by atoms with E-state index in [0.29, 0.717) is 0 Å². The molecule has 2 atom stereocenters. The molecule has 0 aliphatic heterocycles. The number of halogens is 1. The molecule has 0 aliphatic carbocycles. The van der Waals surface area contributed by atoms with Gasteiger partial charge in [-0.05, 0) is 42.5 Å². The van der Waals surface area contributed by atoms with E-state index in [0.717, 1.165) is 26.5 Å². The Kier molecular flexibility index (Phi) is 5.17. The van der Waals surface area contributed by atoms with Crippen LogP contribution in [0.1, 0.15) is 0 Å². The van der Waals surface area contributed by atoms with Crippen molar-refractivity contribution in [2.45, 2.75) is 12.2 Å². The highest BCUT2D eigenvalue weighted by molar-refractivity contribution is 7.21. The Morgan fingerprint density at radius 1 is 1.12 bits per heavy atom. The van der Waals surface area contributed by atoms with E-state index >= 15 is 0 Å². The minimum Gasteiger partial charge on any atom is -0.508 e. The van der Waals surface area contributed by atoms with Gasteiger partial charge in [-0.1, -0.05) is 0 Å². The lowest BCUT2D eigenvalue weighted by Crippen LogP contribution is -2.38. The van der Waals surface area contributed by atoms with Crippen LogP contribution in [0.2, 0.25) is 0 Å². The average molecular weight is 362 g/mol. The molecule has 3 N–H and O–H groups in total. The molecule has 2 unspecified atom stereocenters. The van der Waals surface area contributed by atoms with E-state index in [-0.39, 0.29) is 12.3 Å². The number of alkyl halides is 1. The Labute approximate surface area is 148 Å². The highest BCUT2D eigenvalue weighted by Crippen LogP contribution is 2.32. The summed E-state index contributed by atoms with van der Waals surface area (Å²) in [5, 5.41) is 29.4. The summed E-state index contributed by atoms with van der Waals surface area (Å²) in [5.41, 5.74) is 2.62. The van der Waals surface area contributed by atoms with Gasteiger partial charge in [0.1, 0.15) is 23.5 Å². The van der Waals surface area contributed by atoms with Crippen LogP contribution in [0.5, 0.6) is 5.75 Å². The van der Waals surface area contributed by atoms with Gasteiger partial charge in [0.15, 0.2) is 0 Å². The Morgan fingerprint density at radius 2 is 1.84 bits per heavy atom. The van der Waals surface area contributed by atoms with Gasteiger partial charge in [-0.3, -0.25) is 0 Å². The van der Waals surface area contributed by atoms with Crippen molar-refractivity contribution in [2.24, 2.45) is 0 Å². The van der Waals surface area contributed by atoms with E-state index in [9.17, 15) is 19.7 Å². The number of benzene rings is 2. The van der Waals surface area contributed by atoms with Crippen LogP contribution in [0, 0.1) is 0 Å². The SMILES string of the molecule is CN(CC(O)C(O)CF)c1ccc(-c2nc3ccc(O)cc3s2)cc1. The monoisotopic (exact) mass is 362 g/mol. The van der Waals surface area contributed by atoms with Gasteiger partial charge < -0.3 is 20.2 Å². The van der Waals surface area contributed by atoms with E-state index in [4.69, 9.17) is 0 Å². The number of rotatable bonds is 6. The molecule has 0 radical (unpaired) electrons. The molecular formula is C18H19FN2O3S. The van der Waals surface area contributed by atoms with Crippen LogP contribution in [0.4, 0.5) is 10.1 Å². The number of thiazole rings is 1. The molecule has 2 aromatic carbocycles. The van der Waals surface area contributed by atoms with Gasteiger partial charge in [0, 0.05) is 24.8 Å². The van der Waals surface area contributed by atoms with Crippen LogP contribution in [-0.4, -0.2) is 52.8 Å². The second-order valence-corrected chi connectivity index (χ2v) is 6.92. The fourth-order valence-electron chi connectivity index (χ4n) is 2.51. The van der Waals surface area contributed by atoms with Crippen molar-refractivity contribution in [3.63, 3.8) is 0 Å². The number of anilines is 1. The van der Waals surface area contributed by atoms with Gasteiger partial charge in [0.2, 0.25) is 0 Å².